The van der Waals surface area contributed by atoms with Gasteiger partial charge in [0.1, 0.15) is 5.75 Å². The van der Waals surface area contributed by atoms with E-state index in [1.165, 1.54) is 23.1 Å². The zero-order chi connectivity index (χ0) is 16.2. The number of carbonyl (C=O) groups excluding carboxylic acids is 1. The molecule has 0 aliphatic carbocycles. The topological polar surface area (TPSA) is 64.1 Å². The fourth-order valence-electron chi connectivity index (χ4n) is 2.09. The van der Waals surface area contributed by atoms with Crippen LogP contribution < -0.4 is 10.1 Å². The molecule has 1 heterocycles. The highest BCUT2D eigenvalue weighted by molar-refractivity contribution is 8.00. The molecule has 7 heteroatoms. The van der Waals surface area contributed by atoms with Gasteiger partial charge in [0, 0.05) is 5.39 Å². The van der Waals surface area contributed by atoms with Crippen molar-refractivity contribution in [3.8, 4) is 5.75 Å². The van der Waals surface area contributed by atoms with Crippen molar-refractivity contribution in [1.82, 2.24) is 10.2 Å². The number of anilines is 1. The van der Waals surface area contributed by atoms with Crippen molar-refractivity contribution in [1.29, 1.82) is 0 Å². The predicted molar refractivity (Wildman–Crippen MR) is 94.4 cm³/mol. The minimum atomic E-state index is -0.637. The van der Waals surface area contributed by atoms with Gasteiger partial charge in [-0.15, -0.1) is 10.2 Å². The minimum Gasteiger partial charge on any atom is -0.480 e. The van der Waals surface area contributed by atoms with E-state index >= 15 is 0 Å². The van der Waals surface area contributed by atoms with Crippen molar-refractivity contribution in [2.24, 2.45) is 0 Å². The first-order valence-corrected chi connectivity index (χ1v) is 9.04. The fourth-order valence-corrected chi connectivity index (χ4v) is 3.27. The lowest BCUT2D eigenvalue weighted by molar-refractivity contribution is -0.122. The normalized spacial score (nSPS) is 12.1. The summed E-state index contributed by atoms with van der Waals surface area (Å²) in [6.07, 6.45) is 1.28. The third-order valence-electron chi connectivity index (χ3n) is 3.23. The molecule has 2 aromatic carbocycles. The molecular formula is C16H15N3O2S2. The number of carbonyl (C=O) groups is 1. The Morgan fingerprint density at radius 1 is 1.22 bits per heavy atom. The van der Waals surface area contributed by atoms with Gasteiger partial charge in [0.2, 0.25) is 5.13 Å². The number of fused-ring (bicyclic) bond motifs is 1. The summed E-state index contributed by atoms with van der Waals surface area (Å²) in [7, 11) is 0. The van der Waals surface area contributed by atoms with Gasteiger partial charge in [0.05, 0.1) is 0 Å². The number of nitrogens with zero attached hydrogens (tertiary/aromatic N) is 2. The van der Waals surface area contributed by atoms with Gasteiger partial charge in [0.15, 0.2) is 10.4 Å². The molecule has 1 atom stereocenters. The van der Waals surface area contributed by atoms with Crippen LogP contribution >= 0.6 is 23.1 Å². The van der Waals surface area contributed by atoms with Crippen molar-refractivity contribution < 1.29 is 9.53 Å². The molecule has 0 aliphatic rings. The zero-order valence-corrected chi connectivity index (χ0v) is 14.3. The third-order valence-corrected chi connectivity index (χ3v) is 5.05. The Balaban J connectivity index is 1.72. The van der Waals surface area contributed by atoms with Gasteiger partial charge in [-0.25, -0.2) is 0 Å². The lowest BCUT2D eigenvalue weighted by atomic mass is 10.1. The molecule has 0 saturated heterocycles. The van der Waals surface area contributed by atoms with E-state index in [1.807, 2.05) is 48.7 Å². The molecule has 0 spiro atoms. The van der Waals surface area contributed by atoms with Crippen LogP contribution in [0.1, 0.15) is 6.92 Å². The monoisotopic (exact) mass is 345 g/mol. The predicted octanol–water partition coefficient (Wildman–Crippen LogP) is 3.82. The molecule has 0 fully saturated rings. The van der Waals surface area contributed by atoms with Crippen LogP contribution in [0.15, 0.2) is 46.8 Å². The van der Waals surface area contributed by atoms with E-state index < -0.39 is 6.10 Å². The van der Waals surface area contributed by atoms with Crippen LogP contribution in [0.2, 0.25) is 0 Å². The summed E-state index contributed by atoms with van der Waals surface area (Å²) in [5.41, 5.74) is 0. The molecule has 0 radical (unpaired) electrons. The van der Waals surface area contributed by atoms with Crippen LogP contribution in [0.25, 0.3) is 10.8 Å². The maximum Gasteiger partial charge on any atom is 0.266 e. The molecule has 3 rings (SSSR count). The SMILES string of the molecule is CSc1nnc(NC(=O)C(C)Oc2cccc3ccccc23)s1. The van der Waals surface area contributed by atoms with Crippen molar-refractivity contribution in [3.63, 3.8) is 0 Å². The van der Waals surface area contributed by atoms with E-state index in [-0.39, 0.29) is 5.91 Å². The Labute approximate surface area is 142 Å². The van der Waals surface area contributed by atoms with E-state index in [0.29, 0.717) is 10.9 Å². The summed E-state index contributed by atoms with van der Waals surface area (Å²) in [4.78, 5) is 12.2. The van der Waals surface area contributed by atoms with E-state index in [4.69, 9.17) is 4.74 Å². The molecular weight excluding hydrogens is 330 g/mol. The molecule has 1 N–H and O–H groups in total. The van der Waals surface area contributed by atoms with Crippen LogP contribution in [0.4, 0.5) is 5.13 Å². The summed E-state index contributed by atoms with van der Waals surface area (Å²) in [5, 5.41) is 13.1. The number of nitrogens with one attached hydrogen (secondary N) is 1. The summed E-state index contributed by atoms with van der Waals surface area (Å²) in [6.45, 7) is 1.72. The van der Waals surface area contributed by atoms with Gasteiger partial charge >= 0.3 is 0 Å². The quantitative estimate of drug-likeness (QED) is 0.562. The Hall–Kier alpha value is -2.12. The van der Waals surface area contributed by atoms with E-state index in [9.17, 15) is 4.79 Å². The summed E-state index contributed by atoms with van der Waals surface area (Å²) in [5.74, 6) is 0.439. The Morgan fingerprint density at radius 2 is 2.00 bits per heavy atom. The zero-order valence-electron chi connectivity index (χ0n) is 12.6. The van der Waals surface area contributed by atoms with Crippen LogP contribution in [0.3, 0.4) is 0 Å². The molecule has 1 amide bonds. The molecule has 5 nitrogen and oxygen atoms in total. The number of hydrogen-bond donors (Lipinski definition) is 1. The second-order valence-electron chi connectivity index (χ2n) is 4.80. The van der Waals surface area contributed by atoms with E-state index in [2.05, 4.69) is 15.5 Å². The molecule has 0 saturated carbocycles. The van der Waals surface area contributed by atoms with Crippen LogP contribution in [-0.4, -0.2) is 28.5 Å². The van der Waals surface area contributed by atoms with E-state index in [0.717, 1.165) is 15.1 Å². The number of aromatic nitrogens is 2. The average Bonchev–Trinajstić information content (AvgIpc) is 3.02. The average molecular weight is 345 g/mol. The van der Waals surface area contributed by atoms with Crippen molar-refractivity contribution in [3.05, 3.63) is 42.5 Å². The number of rotatable bonds is 5. The fraction of sp³-hybridized carbons (Fsp3) is 0.188. The maximum absolute atomic E-state index is 12.2. The van der Waals surface area contributed by atoms with Gasteiger partial charge < -0.3 is 4.74 Å². The number of thioether (sulfide) groups is 1. The largest absolute Gasteiger partial charge is 0.480 e. The van der Waals surface area contributed by atoms with Gasteiger partial charge in [-0.05, 0) is 24.6 Å². The number of benzene rings is 2. The Morgan fingerprint density at radius 3 is 2.78 bits per heavy atom. The Bertz CT molecular complexity index is 830. The first kappa shape index (κ1) is 15.8. The van der Waals surface area contributed by atoms with Gasteiger partial charge in [0.25, 0.3) is 5.91 Å². The highest BCUT2D eigenvalue weighted by Gasteiger charge is 2.17. The van der Waals surface area contributed by atoms with E-state index in [1.54, 1.807) is 6.92 Å². The molecule has 0 bridgehead atoms. The lowest BCUT2D eigenvalue weighted by Crippen LogP contribution is -2.30. The van der Waals surface area contributed by atoms with Gasteiger partial charge in [-0.3, -0.25) is 10.1 Å². The first-order valence-electron chi connectivity index (χ1n) is 7.00. The summed E-state index contributed by atoms with van der Waals surface area (Å²) in [6, 6.07) is 13.7. The number of ether oxygens (including phenoxy) is 1. The Kier molecular flexibility index (Phi) is 4.78. The summed E-state index contributed by atoms with van der Waals surface area (Å²) >= 11 is 2.83. The van der Waals surface area contributed by atoms with Crippen LogP contribution in [0, 0.1) is 0 Å². The summed E-state index contributed by atoms with van der Waals surface area (Å²) < 4.78 is 6.64. The smallest absolute Gasteiger partial charge is 0.266 e. The van der Waals surface area contributed by atoms with Crippen LogP contribution in [0.5, 0.6) is 5.75 Å². The van der Waals surface area contributed by atoms with Gasteiger partial charge in [-0.2, -0.15) is 0 Å². The molecule has 118 valence electrons. The molecule has 23 heavy (non-hydrogen) atoms. The van der Waals surface area contributed by atoms with Crippen molar-refractivity contribution in [2.45, 2.75) is 17.4 Å². The maximum atomic E-state index is 12.2. The number of hydrogen-bond acceptors (Lipinski definition) is 6. The number of amides is 1. The van der Waals surface area contributed by atoms with Crippen LogP contribution in [-0.2, 0) is 4.79 Å². The second-order valence-corrected chi connectivity index (χ2v) is 6.83. The van der Waals surface area contributed by atoms with Gasteiger partial charge in [-0.1, -0.05) is 59.5 Å². The third kappa shape index (κ3) is 3.62. The highest BCUT2D eigenvalue weighted by Crippen LogP contribution is 2.27. The van der Waals surface area contributed by atoms with Crippen molar-refractivity contribution in [2.75, 3.05) is 11.6 Å². The minimum absolute atomic E-state index is 0.248. The first-order chi connectivity index (χ1) is 11.2. The lowest BCUT2D eigenvalue weighted by Gasteiger charge is -2.15. The molecule has 1 aromatic heterocycles. The standard InChI is InChI=1S/C16H15N3O2S2/c1-10(14(20)17-15-18-19-16(22-2)23-15)21-13-9-5-7-11-6-3-4-8-12(11)13/h3-10H,1-2H3,(H,17,18,20). The van der Waals surface area contributed by atoms with Crippen molar-refractivity contribution >= 4 is 44.9 Å². The molecule has 0 aliphatic heterocycles. The molecule has 3 aromatic rings. The molecule has 1 unspecified atom stereocenters. The second kappa shape index (κ2) is 6.97. The highest BCUT2D eigenvalue weighted by atomic mass is 32.2.